The van der Waals surface area contributed by atoms with Gasteiger partial charge < -0.3 is 0 Å². The lowest BCUT2D eigenvalue weighted by atomic mass is 10.4. The second-order valence-corrected chi connectivity index (χ2v) is 0.910. The van der Waals surface area contributed by atoms with E-state index in [1.54, 1.807) is 6.21 Å². The minimum atomic E-state index is 0.00463. The van der Waals surface area contributed by atoms with Crippen LogP contribution in [0.5, 0.6) is 0 Å². The van der Waals surface area contributed by atoms with Gasteiger partial charge in [0.15, 0.2) is 0 Å². The van der Waals surface area contributed by atoms with Crippen molar-refractivity contribution in [3.8, 4) is 0 Å². The first-order valence-corrected chi connectivity index (χ1v) is 1.45. The van der Waals surface area contributed by atoms with Crippen molar-refractivity contribution in [3.63, 3.8) is 0 Å². The van der Waals surface area contributed by atoms with Gasteiger partial charge in [-0.25, -0.2) is 4.99 Å². The van der Waals surface area contributed by atoms with Crippen molar-refractivity contribution in [1.29, 1.82) is 0 Å². The Hall–Kier alpha value is -0.660. The molecule has 0 atom stereocenters. The zero-order chi connectivity index (χ0) is 3.70. The van der Waals surface area contributed by atoms with Crippen LogP contribution in [0.4, 0.5) is 0 Å². The molecule has 0 aromatic carbocycles. The van der Waals surface area contributed by atoms with E-state index in [4.69, 9.17) is 0 Å². The lowest BCUT2D eigenvalue weighted by molar-refractivity contribution is -0.117. The van der Waals surface area contributed by atoms with E-state index < -0.39 is 0 Å². The Kier molecular flexibility index (Phi) is 0.330. The Morgan fingerprint density at radius 2 is 2.40 bits per heavy atom. The van der Waals surface area contributed by atoms with Crippen LogP contribution in [-0.4, -0.2) is 12.1 Å². The number of hydrogen-bond donors (Lipinski definition) is 0. The molecule has 2 nitrogen and oxygen atoms in total. The van der Waals surface area contributed by atoms with Crippen molar-refractivity contribution >= 4 is 12.1 Å². The number of rotatable bonds is 0. The first-order valence-electron chi connectivity index (χ1n) is 1.45. The number of carbonyl (C=O) groups excluding carboxylic acids is 1. The highest BCUT2D eigenvalue weighted by atomic mass is 16.1. The smallest absolute Gasteiger partial charge is 0.250 e. The molecule has 5 heavy (non-hydrogen) atoms. The Labute approximate surface area is 29.5 Å². The summed E-state index contributed by atoms with van der Waals surface area (Å²) in [7, 11) is 0. The van der Waals surface area contributed by atoms with E-state index in [0.717, 1.165) is 0 Å². The predicted octanol–water partition coefficient (Wildman–Crippen LogP) is -0.0125. The van der Waals surface area contributed by atoms with E-state index in [-0.39, 0.29) is 5.91 Å². The molecule has 0 bridgehead atoms. The highest BCUT2D eigenvalue weighted by molar-refractivity contribution is 6.03. The Balaban J connectivity index is 2.71. The van der Waals surface area contributed by atoms with Crippen molar-refractivity contribution < 1.29 is 4.79 Å². The van der Waals surface area contributed by atoms with Crippen LogP contribution >= 0.6 is 0 Å². The lowest BCUT2D eigenvalue weighted by Crippen LogP contribution is -2.03. The molecular weight excluding hydrogens is 66.0 g/mol. The third kappa shape index (κ3) is 0.210. The third-order valence-electron chi connectivity index (χ3n) is 0.501. The van der Waals surface area contributed by atoms with Crippen molar-refractivity contribution in [2.45, 2.75) is 6.42 Å². The summed E-state index contributed by atoms with van der Waals surface area (Å²) in [5.74, 6) is 0.00463. The summed E-state index contributed by atoms with van der Waals surface area (Å²) < 4.78 is 0. The number of aliphatic imine (C=N–C) groups is 1. The summed E-state index contributed by atoms with van der Waals surface area (Å²) in [5.41, 5.74) is 0. The van der Waals surface area contributed by atoms with Gasteiger partial charge in [0.2, 0.25) is 0 Å². The van der Waals surface area contributed by atoms with Gasteiger partial charge in [0.05, 0.1) is 6.42 Å². The molecule has 26 valence electrons. The van der Waals surface area contributed by atoms with Crippen LogP contribution in [0, 0.1) is 0 Å². The zero-order valence-electron chi connectivity index (χ0n) is 2.64. The molecule has 0 saturated heterocycles. The van der Waals surface area contributed by atoms with Crippen LogP contribution in [0.1, 0.15) is 6.42 Å². The normalized spacial score (nSPS) is 18.8. The molecule has 0 aliphatic carbocycles. The van der Waals surface area contributed by atoms with Crippen LogP contribution in [-0.2, 0) is 4.79 Å². The van der Waals surface area contributed by atoms with Gasteiger partial charge in [0.25, 0.3) is 5.91 Å². The highest BCUT2D eigenvalue weighted by Gasteiger charge is 2.00. The molecule has 1 heterocycles. The van der Waals surface area contributed by atoms with Gasteiger partial charge >= 0.3 is 0 Å². The van der Waals surface area contributed by atoms with E-state index in [0.29, 0.717) is 6.42 Å². The first kappa shape index (κ1) is 2.57. The van der Waals surface area contributed by atoms with Crippen LogP contribution in [0.2, 0.25) is 0 Å². The van der Waals surface area contributed by atoms with Crippen molar-refractivity contribution in [2.24, 2.45) is 4.99 Å². The molecular formula is C3H3NO. The maximum atomic E-state index is 9.70. The molecule has 2 heteroatoms. The SMILES string of the molecule is O=C1CC=N1. The Morgan fingerprint density at radius 1 is 2.00 bits per heavy atom. The second-order valence-electron chi connectivity index (χ2n) is 0.910. The molecule has 1 rings (SSSR count). The minimum absolute atomic E-state index is 0.00463. The molecule has 0 aromatic rings. The number of carbonyl (C=O) groups is 1. The van der Waals surface area contributed by atoms with Gasteiger partial charge in [-0.05, 0) is 0 Å². The number of amides is 1. The summed E-state index contributed by atoms with van der Waals surface area (Å²) in [5, 5.41) is 0. The van der Waals surface area contributed by atoms with Crippen LogP contribution in [0.25, 0.3) is 0 Å². The average Bonchev–Trinajstić information content (AvgIpc) is 1.30. The number of hydrogen-bond acceptors (Lipinski definition) is 1. The standard InChI is InChI=1S/C3H3NO/c5-3-1-2-4-3/h2H,1H2. The monoisotopic (exact) mass is 69.0 g/mol. The molecule has 0 radical (unpaired) electrons. The van der Waals surface area contributed by atoms with Crippen LogP contribution < -0.4 is 0 Å². The largest absolute Gasteiger partial charge is 0.272 e. The predicted molar refractivity (Wildman–Crippen MR) is 18.1 cm³/mol. The summed E-state index contributed by atoms with van der Waals surface area (Å²) in [6, 6.07) is 0. The van der Waals surface area contributed by atoms with Gasteiger partial charge in [-0.3, -0.25) is 4.79 Å². The summed E-state index contributed by atoms with van der Waals surface area (Å²) in [6.07, 6.45) is 2.16. The van der Waals surface area contributed by atoms with Crippen LogP contribution in [0.15, 0.2) is 4.99 Å². The van der Waals surface area contributed by atoms with E-state index in [1.807, 2.05) is 0 Å². The third-order valence-corrected chi connectivity index (χ3v) is 0.501. The van der Waals surface area contributed by atoms with E-state index >= 15 is 0 Å². The molecule has 1 aliphatic rings. The fourth-order valence-electron chi connectivity index (χ4n) is 0.166. The average molecular weight is 69.1 g/mol. The molecule has 1 aliphatic heterocycles. The van der Waals surface area contributed by atoms with E-state index in [2.05, 4.69) is 4.99 Å². The van der Waals surface area contributed by atoms with Gasteiger partial charge in [-0.2, -0.15) is 0 Å². The van der Waals surface area contributed by atoms with Gasteiger partial charge in [0, 0.05) is 6.21 Å². The summed E-state index contributed by atoms with van der Waals surface area (Å²) in [6.45, 7) is 0. The quantitative estimate of drug-likeness (QED) is 0.393. The van der Waals surface area contributed by atoms with Crippen molar-refractivity contribution in [3.05, 3.63) is 0 Å². The Bertz CT molecular complexity index is 84.9. The molecule has 0 aromatic heterocycles. The Morgan fingerprint density at radius 3 is 2.40 bits per heavy atom. The highest BCUT2D eigenvalue weighted by Crippen LogP contribution is 1.89. The van der Waals surface area contributed by atoms with Gasteiger partial charge in [0.1, 0.15) is 0 Å². The maximum absolute atomic E-state index is 9.70. The first-order chi connectivity index (χ1) is 2.39. The molecule has 0 saturated carbocycles. The zero-order valence-corrected chi connectivity index (χ0v) is 2.64. The van der Waals surface area contributed by atoms with Crippen molar-refractivity contribution in [2.75, 3.05) is 0 Å². The second kappa shape index (κ2) is 0.641. The summed E-state index contributed by atoms with van der Waals surface area (Å²) in [4.78, 5) is 13.0. The molecule has 0 N–H and O–H groups in total. The molecule has 0 fully saturated rings. The van der Waals surface area contributed by atoms with E-state index in [1.165, 1.54) is 0 Å². The van der Waals surface area contributed by atoms with E-state index in [9.17, 15) is 4.79 Å². The fraction of sp³-hybridized carbons (Fsp3) is 0.333. The molecule has 0 unspecified atom stereocenters. The minimum Gasteiger partial charge on any atom is -0.272 e. The number of nitrogens with zero attached hydrogens (tertiary/aromatic N) is 1. The van der Waals surface area contributed by atoms with Crippen molar-refractivity contribution in [1.82, 2.24) is 0 Å². The van der Waals surface area contributed by atoms with Gasteiger partial charge in [-0.15, -0.1) is 0 Å². The fourth-order valence-corrected chi connectivity index (χ4v) is 0.166. The molecule has 0 spiro atoms. The maximum Gasteiger partial charge on any atom is 0.250 e. The van der Waals surface area contributed by atoms with Gasteiger partial charge in [-0.1, -0.05) is 0 Å². The summed E-state index contributed by atoms with van der Waals surface area (Å²) >= 11 is 0. The van der Waals surface area contributed by atoms with Crippen LogP contribution in [0.3, 0.4) is 0 Å². The topological polar surface area (TPSA) is 29.4 Å². The molecule has 1 amide bonds. The lowest BCUT2D eigenvalue weighted by Gasteiger charge is -1.91.